The number of nitrogens with zero attached hydrogens (tertiary/aromatic N) is 1. The molecule has 0 saturated carbocycles. The lowest BCUT2D eigenvalue weighted by molar-refractivity contribution is -0.165. The predicted octanol–water partition coefficient (Wildman–Crippen LogP) is 4.09. The molecule has 0 spiro atoms. The second kappa shape index (κ2) is 7.13. The van der Waals surface area contributed by atoms with Crippen LogP contribution in [0.3, 0.4) is 0 Å². The van der Waals surface area contributed by atoms with Gasteiger partial charge in [-0.3, -0.25) is 4.79 Å². The number of hydrogen-bond donors (Lipinski definition) is 0. The summed E-state index contributed by atoms with van der Waals surface area (Å²) in [6.45, 7) is 0.596. The molecule has 0 N–H and O–H groups in total. The number of amides is 1. The molecule has 1 fully saturated rings. The van der Waals surface area contributed by atoms with Crippen LogP contribution in [0.2, 0.25) is 0 Å². The van der Waals surface area contributed by atoms with Gasteiger partial charge in [0.15, 0.2) is 11.5 Å². The topological polar surface area (TPSA) is 48.0 Å². The number of benzene rings is 3. The quantitative estimate of drug-likeness (QED) is 0.615. The van der Waals surface area contributed by atoms with Crippen molar-refractivity contribution in [3.8, 4) is 17.2 Å². The monoisotopic (exact) mass is 391 g/mol. The zero-order valence-corrected chi connectivity index (χ0v) is 15.5. The Kier molecular flexibility index (Phi) is 4.31. The Morgan fingerprint density at radius 2 is 1.72 bits per heavy atom. The first-order valence-electron chi connectivity index (χ1n) is 9.35. The van der Waals surface area contributed by atoms with E-state index in [1.807, 2.05) is 48.5 Å². The number of rotatable bonds is 5. The fraction of sp³-hybridized carbons (Fsp3) is 0.174. The molecule has 6 heteroatoms. The van der Waals surface area contributed by atoms with Gasteiger partial charge >= 0.3 is 0 Å². The third-order valence-corrected chi connectivity index (χ3v) is 5.16. The van der Waals surface area contributed by atoms with Crippen molar-refractivity contribution in [2.75, 3.05) is 6.79 Å². The van der Waals surface area contributed by atoms with Crippen LogP contribution >= 0.6 is 0 Å². The van der Waals surface area contributed by atoms with Crippen molar-refractivity contribution >= 4 is 5.91 Å². The largest absolute Gasteiger partial charge is 0.478 e. The van der Waals surface area contributed by atoms with E-state index in [0.717, 1.165) is 11.1 Å². The van der Waals surface area contributed by atoms with Crippen LogP contribution in [0.5, 0.6) is 17.2 Å². The van der Waals surface area contributed by atoms with Crippen LogP contribution < -0.4 is 14.2 Å². The van der Waals surface area contributed by atoms with Gasteiger partial charge in [0.2, 0.25) is 12.9 Å². The van der Waals surface area contributed by atoms with E-state index in [1.54, 1.807) is 17.0 Å². The molecule has 0 unspecified atom stereocenters. The number of carbonyl (C=O) groups excluding carboxylic acids is 1. The summed E-state index contributed by atoms with van der Waals surface area (Å²) in [5.74, 6) is 1.57. The van der Waals surface area contributed by atoms with Crippen molar-refractivity contribution in [1.29, 1.82) is 0 Å². The Labute approximate surface area is 167 Å². The summed E-state index contributed by atoms with van der Waals surface area (Å²) in [6, 6.07) is 20.7. The van der Waals surface area contributed by atoms with E-state index in [9.17, 15) is 9.18 Å². The molecule has 2 aliphatic rings. The van der Waals surface area contributed by atoms with Crippen molar-refractivity contribution in [2.45, 2.75) is 18.7 Å². The highest BCUT2D eigenvalue weighted by molar-refractivity contribution is 5.89. The number of β-lactam (4-membered cyclic amide) rings is 1. The van der Waals surface area contributed by atoms with Gasteiger partial charge in [-0.1, -0.05) is 36.4 Å². The number of likely N-dealkylation sites (tertiary alicyclic amines) is 1. The van der Waals surface area contributed by atoms with Gasteiger partial charge < -0.3 is 19.1 Å². The van der Waals surface area contributed by atoms with Gasteiger partial charge in [0, 0.05) is 6.54 Å². The summed E-state index contributed by atoms with van der Waals surface area (Å²) in [7, 11) is 0. The van der Waals surface area contributed by atoms with Gasteiger partial charge in [0.05, 0.1) is 0 Å². The third-order valence-electron chi connectivity index (χ3n) is 5.16. The van der Waals surface area contributed by atoms with Crippen LogP contribution in [-0.2, 0) is 11.3 Å². The first kappa shape index (κ1) is 17.6. The van der Waals surface area contributed by atoms with Crippen molar-refractivity contribution in [1.82, 2.24) is 4.90 Å². The van der Waals surface area contributed by atoms with Crippen LogP contribution in [0.25, 0.3) is 0 Å². The molecule has 0 bridgehead atoms. The normalized spacial score (nSPS) is 19.8. The van der Waals surface area contributed by atoms with E-state index in [0.29, 0.717) is 23.8 Å². The molecule has 2 atom stereocenters. The second-order valence-corrected chi connectivity index (χ2v) is 7.00. The second-order valence-electron chi connectivity index (χ2n) is 7.00. The van der Waals surface area contributed by atoms with E-state index in [4.69, 9.17) is 14.2 Å². The predicted molar refractivity (Wildman–Crippen MR) is 103 cm³/mol. The zero-order valence-electron chi connectivity index (χ0n) is 15.5. The van der Waals surface area contributed by atoms with E-state index in [1.165, 1.54) is 12.1 Å². The summed E-state index contributed by atoms with van der Waals surface area (Å²) in [5, 5.41) is 0. The number of fused-ring (bicyclic) bond motifs is 1. The molecule has 2 aliphatic heterocycles. The molecule has 29 heavy (non-hydrogen) atoms. The summed E-state index contributed by atoms with van der Waals surface area (Å²) in [4.78, 5) is 14.7. The Morgan fingerprint density at radius 3 is 2.52 bits per heavy atom. The van der Waals surface area contributed by atoms with Crippen molar-refractivity contribution in [2.24, 2.45) is 0 Å². The van der Waals surface area contributed by atoms with E-state index < -0.39 is 6.10 Å². The Hall–Kier alpha value is -3.54. The average Bonchev–Trinajstić information content (AvgIpc) is 3.22. The first-order valence-corrected chi connectivity index (χ1v) is 9.35. The fourth-order valence-corrected chi connectivity index (χ4v) is 3.70. The van der Waals surface area contributed by atoms with Gasteiger partial charge in [-0.05, 0) is 47.5 Å². The smallest absolute Gasteiger partial charge is 0.267 e. The summed E-state index contributed by atoms with van der Waals surface area (Å²) in [6.07, 6.45) is -0.656. The van der Waals surface area contributed by atoms with E-state index >= 15 is 0 Å². The lowest BCUT2D eigenvalue weighted by Gasteiger charge is -2.46. The molecule has 2 heterocycles. The fourth-order valence-electron chi connectivity index (χ4n) is 3.70. The zero-order chi connectivity index (χ0) is 19.8. The van der Waals surface area contributed by atoms with Crippen molar-refractivity contribution in [3.05, 3.63) is 89.7 Å². The van der Waals surface area contributed by atoms with Gasteiger partial charge in [-0.2, -0.15) is 0 Å². The Morgan fingerprint density at radius 1 is 0.966 bits per heavy atom. The Balaban J connectivity index is 1.42. The maximum absolute atomic E-state index is 13.4. The van der Waals surface area contributed by atoms with Crippen molar-refractivity contribution in [3.63, 3.8) is 0 Å². The van der Waals surface area contributed by atoms with Crippen LogP contribution in [0, 0.1) is 5.82 Å². The first-order chi connectivity index (χ1) is 14.2. The third kappa shape index (κ3) is 3.27. The Bertz CT molecular complexity index is 1040. The standard InChI is InChI=1S/C23H18FNO4/c24-17-9-7-16(8-10-17)21-22(29-18-4-2-1-3-5-18)23(26)25(21)13-15-6-11-19-20(12-15)28-14-27-19/h1-12,21-22H,13-14H2/t21-,22+/m0/s1. The van der Waals surface area contributed by atoms with Crippen LogP contribution in [0.4, 0.5) is 4.39 Å². The summed E-state index contributed by atoms with van der Waals surface area (Å²) in [5.41, 5.74) is 1.75. The molecule has 0 radical (unpaired) electrons. The highest BCUT2D eigenvalue weighted by Crippen LogP contribution is 2.40. The molecule has 3 aromatic carbocycles. The molecule has 5 rings (SSSR count). The maximum atomic E-state index is 13.4. The number of para-hydroxylation sites is 1. The summed E-state index contributed by atoms with van der Waals surface area (Å²) < 4.78 is 30.2. The number of halogens is 1. The summed E-state index contributed by atoms with van der Waals surface area (Å²) >= 11 is 0. The number of carbonyl (C=O) groups is 1. The molecular weight excluding hydrogens is 373 g/mol. The SMILES string of the molecule is O=C1[C@H](Oc2ccccc2)[C@H](c2ccc(F)cc2)N1Cc1ccc2c(c1)OCO2. The minimum atomic E-state index is -0.656. The minimum Gasteiger partial charge on any atom is -0.478 e. The molecule has 146 valence electrons. The lowest BCUT2D eigenvalue weighted by atomic mass is 9.89. The van der Waals surface area contributed by atoms with Crippen molar-refractivity contribution < 1.29 is 23.4 Å². The number of ether oxygens (including phenoxy) is 3. The van der Waals surface area contributed by atoms with Crippen LogP contribution in [0.15, 0.2) is 72.8 Å². The lowest BCUT2D eigenvalue weighted by Crippen LogP contribution is -2.60. The molecule has 1 amide bonds. The van der Waals surface area contributed by atoms with Gasteiger partial charge in [0.25, 0.3) is 5.91 Å². The highest BCUT2D eigenvalue weighted by Gasteiger charge is 2.50. The van der Waals surface area contributed by atoms with Gasteiger partial charge in [-0.15, -0.1) is 0 Å². The molecule has 1 saturated heterocycles. The highest BCUT2D eigenvalue weighted by atomic mass is 19.1. The van der Waals surface area contributed by atoms with E-state index in [2.05, 4.69) is 0 Å². The van der Waals surface area contributed by atoms with Gasteiger partial charge in [0.1, 0.15) is 17.6 Å². The van der Waals surface area contributed by atoms with E-state index in [-0.39, 0.29) is 24.6 Å². The van der Waals surface area contributed by atoms with Crippen LogP contribution in [0.1, 0.15) is 17.2 Å². The number of hydrogen-bond acceptors (Lipinski definition) is 4. The molecule has 5 nitrogen and oxygen atoms in total. The molecule has 0 aliphatic carbocycles. The minimum absolute atomic E-state index is 0.110. The van der Waals surface area contributed by atoms with Crippen LogP contribution in [-0.4, -0.2) is 23.7 Å². The average molecular weight is 391 g/mol. The molecular formula is C23H18FNO4. The van der Waals surface area contributed by atoms with Gasteiger partial charge in [-0.25, -0.2) is 4.39 Å². The molecule has 3 aromatic rings. The maximum Gasteiger partial charge on any atom is 0.267 e. The molecule has 0 aromatic heterocycles.